The molecule has 0 aliphatic rings. The molecule has 0 spiro atoms. The number of rotatable bonds is 3. The van der Waals surface area contributed by atoms with E-state index >= 15 is 0 Å². The first-order valence-corrected chi connectivity index (χ1v) is 7.57. The quantitative estimate of drug-likeness (QED) is 0.690. The molecule has 4 nitrogen and oxygen atoms in total. The van der Waals surface area contributed by atoms with E-state index in [1.807, 2.05) is 0 Å². The van der Waals surface area contributed by atoms with Crippen molar-refractivity contribution in [2.24, 2.45) is 0 Å². The summed E-state index contributed by atoms with van der Waals surface area (Å²) in [5.41, 5.74) is 0.459. The highest BCUT2D eigenvalue weighted by atomic mass is 35.5. The fourth-order valence-corrected chi connectivity index (χ4v) is 2.98. The van der Waals surface area contributed by atoms with E-state index in [2.05, 4.69) is 0 Å². The Bertz CT molecular complexity index is 770. The highest BCUT2D eigenvalue weighted by Gasteiger charge is 2.22. The third-order valence-corrected chi connectivity index (χ3v) is 4.50. The van der Waals surface area contributed by atoms with Crippen LogP contribution in [0.4, 0.5) is 0 Å². The standard InChI is InChI=1S/C13H8Cl2O4S/c14-11-9(13(16)8-4-2-1-3-5-8)6-7-10(12(11)15)20(17,18)19/h1-7H,(H,17,18,19). The maximum Gasteiger partial charge on any atom is 0.296 e. The van der Waals surface area contributed by atoms with Gasteiger partial charge in [0, 0.05) is 11.1 Å². The third kappa shape index (κ3) is 2.86. The average molecular weight is 331 g/mol. The molecular formula is C13H8Cl2O4S. The highest BCUT2D eigenvalue weighted by Crippen LogP contribution is 2.33. The highest BCUT2D eigenvalue weighted by molar-refractivity contribution is 7.86. The van der Waals surface area contributed by atoms with Gasteiger partial charge in [0.1, 0.15) is 4.90 Å². The summed E-state index contributed by atoms with van der Waals surface area (Å²) < 4.78 is 31.2. The van der Waals surface area contributed by atoms with Crippen LogP contribution >= 0.6 is 23.2 Å². The molecule has 0 fully saturated rings. The summed E-state index contributed by atoms with van der Waals surface area (Å²) in [4.78, 5) is 11.7. The Morgan fingerprint density at radius 3 is 2.10 bits per heavy atom. The molecule has 2 rings (SSSR count). The lowest BCUT2D eigenvalue weighted by Gasteiger charge is -2.08. The fraction of sp³-hybridized carbons (Fsp3) is 0. The van der Waals surface area contributed by atoms with Crippen LogP contribution in [0.25, 0.3) is 0 Å². The minimum atomic E-state index is -4.49. The summed E-state index contributed by atoms with van der Waals surface area (Å²) in [5.74, 6) is -0.389. The van der Waals surface area contributed by atoms with Gasteiger partial charge in [-0.2, -0.15) is 8.42 Å². The smallest absolute Gasteiger partial charge is 0.289 e. The van der Waals surface area contributed by atoms with Crippen LogP contribution in [0.5, 0.6) is 0 Å². The molecule has 0 saturated carbocycles. The Morgan fingerprint density at radius 1 is 0.950 bits per heavy atom. The molecule has 20 heavy (non-hydrogen) atoms. The van der Waals surface area contributed by atoms with E-state index in [4.69, 9.17) is 27.8 Å². The first-order valence-electron chi connectivity index (χ1n) is 5.37. The van der Waals surface area contributed by atoms with E-state index in [0.29, 0.717) is 5.56 Å². The summed E-state index contributed by atoms with van der Waals surface area (Å²) in [7, 11) is -4.49. The molecular weight excluding hydrogens is 323 g/mol. The Kier molecular flexibility index (Phi) is 4.15. The Balaban J connectivity index is 2.56. The van der Waals surface area contributed by atoms with Crippen molar-refractivity contribution in [3.05, 3.63) is 63.6 Å². The molecule has 0 aliphatic heterocycles. The molecule has 0 bridgehead atoms. The van der Waals surface area contributed by atoms with E-state index in [-0.39, 0.29) is 21.4 Å². The molecule has 0 amide bonds. The number of hydrogen-bond donors (Lipinski definition) is 1. The molecule has 0 radical (unpaired) electrons. The SMILES string of the molecule is O=C(c1ccccc1)c1ccc(S(=O)(=O)O)c(Cl)c1Cl. The van der Waals surface area contributed by atoms with Crippen LogP contribution in [0, 0.1) is 0 Å². The number of hydrogen-bond acceptors (Lipinski definition) is 3. The summed E-state index contributed by atoms with van der Waals surface area (Å²) in [6.07, 6.45) is 0. The van der Waals surface area contributed by atoms with Crippen molar-refractivity contribution >= 4 is 39.1 Å². The molecule has 2 aromatic carbocycles. The molecule has 1 N–H and O–H groups in total. The summed E-state index contributed by atoms with van der Waals surface area (Å²) in [6.45, 7) is 0. The van der Waals surface area contributed by atoms with Gasteiger partial charge < -0.3 is 0 Å². The largest absolute Gasteiger partial charge is 0.296 e. The third-order valence-electron chi connectivity index (χ3n) is 2.61. The Hall–Kier alpha value is -1.40. The summed E-state index contributed by atoms with van der Waals surface area (Å²) in [6, 6.07) is 10.6. The number of ketones is 1. The van der Waals surface area contributed by atoms with Gasteiger partial charge in [0.25, 0.3) is 10.1 Å². The van der Waals surface area contributed by atoms with Gasteiger partial charge in [0.2, 0.25) is 0 Å². The van der Waals surface area contributed by atoms with E-state index < -0.39 is 15.0 Å². The maximum atomic E-state index is 12.2. The number of carbonyl (C=O) groups is 1. The van der Waals surface area contributed by atoms with Gasteiger partial charge in [0.05, 0.1) is 10.0 Å². The second-order valence-electron chi connectivity index (χ2n) is 3.91. The summed E-state index contributed by atoms with van der Waals surface area (Å²) >= 11 is 11.7. The normalized spacial score (nSPS) is 11.3. The predicted octanol–water partition coefficient (Wildman–Crippen LogP) is 3.47. The van der Waals surface area contributed by atoms with Crippen LogP contribution < -0.4 is 0 Å². The summed E-state index contributed by atoms with van der Waals surface area (Å²) in [5, 5.41) is -0.591. The number of halogens is 2. The number of benzene rings is 2. The zero-order valence-electron chi connectivity index (χ0n) is 9.88. The molecule has 0 aromatic heterocycles. The molecule has 0 aliphatic carbocycles. The van der Waals surface area contributed by atoms with E-state index in [9.17, 15) is 13.2 Å². The van der Waals surface area contributed by atoms with Crippen LogP contribution in [0.2, 0.25) is 10.0 Å². The first kappa shape index (κ1) is 15.0. The Labute approximate surface area is 125 Å². The molecule has 2 aromatic rings. The van der Waals surface area contributed by atoms with Crippen LogP contribution in [-0.4, -0.2) is 18.8 Å². The molecule has 7 heteroatoms. The molecule has 0 unspecified atom stereocenters. The van der Waals surface area contributed by atoms with Crippen molar-refractivity contribution in [1.82, 2.24) is 0 Å². The minimum absolute atomic E-state index is 0.0651. The van der Waals surface area contributed by atoms with E-state index in [1.54, 1.807) is 30.3 Å². The van der Waals surface area contributed by atoms with Gasteiger partial charge >= 0.3 is 0 Å². The van der Waals surface area contributed by atoms with Crippen molar-refractivity contribution in [3.63, 3.8) is 0 Å². The molecule has 104 valence electrons. The van der Waals surface area contributed by atoms with Crippen molar-refractivity contribution in [2.45, 2.75) is 4.90 Å². The minimum Gasteiger partial charge on any atom is -0.289 e. The van der Waals surface area contributed by atoms with Gasteiger partial charge in [-0.25, -0.2) is 0 Å². The maximum absolute atomic E-state index is 12.2. The van der Waals surface area contributed by atoms with Gasteiger partial charge in [-0.05, 0) is 12.1 Å². The van der Waals surface area contributed by atoms with E-state index in [1.165, 1.54) is 6.07 Å². The van der Waals surface area contributed by atoms with Crippen LogP contribution in [0.3, 0.4) is 0 Å². The van der Waals surface area contributed by atoms with Gasteiger partial charge in [-0.3, -0.25) is 9.35 Å². The molecule has 0 heterocycles. The Morgan fingerprint density at radius 2 is 1.55 bits per heavy atom. The second kappa shape index (κ2) is 5.54. The lowest BCUT2D eigenvalue weighted by atomic mass is 10.0. The van der Waals surface area contributed by atoms with Gasteiger partial charge in [-0.1, -0.05) is 53.5 Å². The van der Waals surface area contributed by atoms with E-state index in [0.717, 1.165) is 6.07 Å². The first-order chi connectivity index (χ1) is 9.32. The lowest BCUT2D eigenvalue weighted by Crippen LogP contribution is -2.05. The van der Waals surface area contributed by atoms with Crippen LogP contribution in [0.15, 0.2) is 47.4 Å². The van der Waals surface area contributed by atoms with Crippen molar-refractivity contribution in [3.8, 4) is 0 Å². The lowest BCUT2D eigenvalue weighted by molar-refractivity contribution is 0.103. The van der Waals surface area contributed by atoms with Gasteiger partial charge in [0.15, 0.2) is 5.78 Å². The van der Waals surface area contributed by atoms with Gasteiger partial charge in [-0.15, -0.1) is 0 Å². The zero-order chi connectivity index (χ0) is 14.9. The van der Waals surface area contributed by atoms with Crippen molar-refractivity contribution in [1.29, 1.82) is 0 Å². The molecule has 0 atom stereocenters. The molecule has 0 saturated heterocycles. The zero-order valence-corrected chi connectivity index (χ0v) is 12.2. The van der Waals surface area contributed by atoms with Crippen LogP contribution in [-0.2, 0) is 10.1 Å². The van der Waals surface area contributed by atoms with Crippen molar-refractivity contribution < 1.29 is 17.8 Å². The number of carbonyl (C=O) groups excluding carboxylic acids is 1. The van der Waals surface area contributed by atoms with Crippen LogP contribution in [0.1, 0.15) is 15.9 Å². The topological polar surface area (TPSA) is 71.4 Å². The monoisotopic (exact) mass is 330 g/mol. The predicted molar refractivity (Wildman–Crippen MR) is 76.2 cm³/mol. The van der Waals surface area contributed by atoms with Crippen molar-refractivity contribution in [2.75, 3.05) is 0 Å². The fourth-order valence-electron chi connectivity index (χ4n) is 1.65. The average Bonchev–Trinajstić information content (AvgIpc) is 2.40. The second-order valence-corrected chi connectivity index (χ2v) is 6.06.